The van der Waals surface area contributed by atoms with Crippen LogP contribution in [0, 0.1) is 0 Å². The molecule has 0 bridgehead atoms. The van der Waals surface area contributed by atoms with E-state index in [1.54, 1.807) is 0 Å². The lowest BCUT2D eigenvalue weighted by atomic mass is 10.1. The van der Waals surface area contributed by atoms with Gasteiger partial charge in [-0.2, -0.15) is 0 Å². The number of para-hydroxylation sites is 6. The summed E-state index contributed by atoms with van der Waals surface area (Å²) in [5, 5.41) is 4.88. The average molecular weight is 551 g/mol. The molecule has 9 rings (SSSR count). The SMILES string of the molecule is c1ccc(-n2c3ccccc3c3cccc(-c4ccc(-c5cccc6c7ccccc7n(-c7ccccc7)c56)o4)c32)cc1. The predicted octanol–water partition coefficient (Wildman–Crippen LogP) is 10.8. The minimum atomic E-state index is 0.847. The number of hydrogen-bond donors (Lipinski definition) is 0. The van der Waals surface area contributed by atoms with Gasteiger partial charge in [0.25, 0.3) is 0 Å². The molecular weight excluding hydrogens is 524 g/mol. The third kappa shape index (κ3) is 3.55. The normalized spacial score (nSPS) is 11.7. The summed E-state index contributed by atoms with van der Waals surface area (Å²) in [6.07, 6.45) is 0. The van der Waals surface area contributed by atoms with Gasteiger partial charge in [0.05, 0.1) is 22.1 Å². The van der Waals surface area contributed by atoms with Gasteiger partial charge in [0.1, 0.15) is 11.5 Å². The molecule has 3 heterocycles. The van der Waals surface area contributed by atoms with Gasteiger partial charge >= 0.3 is 0 Å². The lowest BCUT2D eigenvalue weighted by molar-refractivity contribution is 0.598. The van der Waals surface area contributed by atoms with Crippen molar-refractivity contribution in [2.75, 3.05) is 0 Å². The van der Waals surface area contributed by atoms with Crippen molar-refractivity contribution in [2.45, 2.75) is 0 Å². The fraction of sp³-hybridized carbons (Fsp3) is 0. The molecule has 0 spiro atoms. The molecule has 0 atom stereocenters. The quantitative estimate of drug-likeness (QED) is 0.214. The fourth-order valence-corrected chi connectivity index (χ4v) is 6.75. The number of furan rings is 1. The van der Waals surface area contributed by atoms with E-state index in [4.69, 9.17) is 4.42 Å². The van der Waals surface area contributed by atoms with E-state index in [2.05, 4.69) is 167 Å². The summed E-state index contributed by atoms with van der Waals surface area (Å²) in [7, 11) is 0. The first-order valence-electron chi connectivity index (χ1n) is 14.6. The van der Waals surface area contributed by atoms with Crippen molar-refractivity contribution in [1.29, 1.82) is 0 Å². The van der Waals surface area contributed by atoms with Crippen molar-refractivity contribution in [2.24, 2.45) is 0 Å². The molecule has 43 heavy (non-hydrogen) atoms. The molecule has 0 N–H and O–H groups in total. The lowest BCUT2D eigenvalue weighted by Crippen LogP contribution is -1.95. The number of fused-ring (bicyclic) bond motifs is 6. The minimum absolute atomic E-state index is 0.847. The number of benzene rings is 6. The molecule has 0 unspecified atom stereocenters. The van der Waals surface area contributed by atoms with Crippen LogP contribution in [0.5, 0.6) is 0 Å². The van der Waals surface area contributed by atoms with E-state index < -0.39 is 0 Å². The van der Waals surface area contributed by atoms with Crippen LogP contribution in [-0.2, 0) is 0 Å². The lowest BCUT2D eigenvalue weighted by Gasteiger charge is -2.11. The Hall–Kier alpha value is -5.80. The Labute approximate surface area is 248 Å². The topological polar surface area (TPSA) is 23.0 Å². The molecule has 0 fully saturated rings. The fourth-order valence-electron chi connectivity index (χ4n) is 6.75. The Bertz CT molecular complexity index is 2270. The second-order valence-electron chi connectivity index (χ2n) is 10.9. The molecule has 202 valence electrons. The van der Waals surface area contributed by atoms with Crippen molar-refractivity contribution >= 4 is 43.6 Å². The molecule has 0 amide bonds. The van der Waals surface area contributed by atoms with E-state index in [0.717, 1.165) is 45.1 Å². The van der Waals surface area contributed by atoms with Crippen molar-refractivity contribution in [3.05, 3.63) is 158 Å². The van der Waals surface area contributed by atoms with Gasteiger partial charge in [-0.15, -0.1) is 0 Å². The molecule has 0 aliphatic rings. The first-order valence-corrected chi connectivity index (χ1v) is 14.6. The zero-order valence-corrected chi connectivity index (χ0v) is 23.3. The number of rotatable bonds is 4. The van der Waals surface area contributed by atoms with E-state index in [1.165, 1.54) is 32.6 Å². The summed E-state index contributed by atoms with van der Waals surface area (Å²) in [5.41, 5.74) is 9.05. The zero-order chi connectivity index (χ0) is 28.3. The van der Waals surface area contributed by atoms with Gasteiger partial charge in [0, 0.05) is 44.0 Å². The highest BCUT2D eigenvalue weighted by atomic mass is 16.3. The maximum atomic E-state index is 6.82. The minimum Gasteiger partial charge on any atom is -0.456 e. The van der Waals surface area contributed by atoms with Crippen LogP contribution in [0.3, 0.4) is 0 Å². The standard InChI is InChI=1S/C40H26N2O/c1-3-13-27(14-4-1)41-35-23-9-7-17-29(35)31-19-11-21-33(39(31)41)37-25-26-38(43-37)34-22-12-20-32-30-18-8-10-24-36(30)42(40(32)34)28-15-5-2-6-16-28/h1-26H. The summed E-state index contributed by atoms with van der Waals surface area (Å²) >= 11 is 0. The van der Waals surface area contributed by atoms with Gasteiger partial charge in [-0.25, -0.2) is 0 Å². The molecule has 3 aromatic heterocycles. The highest BCUT2D eigenvalue weighted by Gasteiger charge is 2.21. The van der Waals surface area contributed by atoms with Crippen LogP contribution < -0.4 is 0 Å². The van der Waals surface area contributed by atoms with Crippen molar-refractivity contribution in [1.82, 2.24) is 9.13 Å². The molecule has 0 saturated heterocycles. The van der Waals surface area contributed by atoms with E-state index in [-0.39, 0.29) is 0 Å². The zero-order valence-electron chi connectivity index (χ0n) is 23.3. The summed E-state index contributed by atoms with van der Waals surface area (Å²) in [5.74, 6) is 1.69. The third-order valence-corrected chi connectivity index (χ3v) is 8.56. The molecule has 0 aliphatic carbocycles. The number of aromatic nitrogens is 2. The van der Waals surface area contributed by atoms with Gasteiger partial charge in [-0.3, -0.25) is 0 Å². The van der Waals surface area contributed by atoms with Crippen LogP contribution in [0.15, 0.2) is 162 Å². The molecule has 0 aliphatic heterocycles. The summed E-state index contributed by atoms with van der Waals surface area (Å²) in [6.45, 7) is 0. The third-order valence-electron chi connectivity index (χ3n) is 8.56. The molecule has 3 heteroatoms. The van der Waals surface area contributed by atoms with Crippen molar-refractivity contribution < 1.29 is 4.42 Å². The highest BCUT2D eigenvalue weighted by molar-refractivity contribution is 6.15. The number of hydrogen-bond acceptors (Lipinski definition) is 1. The Morgan fingerprint density at radius 1 is 0.326 bits per heavy atom. The van der Waals surface area contributed by atoms with E-state index >= 15 is 0 Å². The van der Waals surface area contributed by atoms with Crippen LogP contribution in [0.2, 0.25) is 0 Å². The van der Waals surface area contributed by atoms with E-state index in [0.29, 0.717) is 0 Å². The molecular formula is C40H26N2O. The smallest absolute Gasteiger partial charge is 0.136 e. The largest absolute Gasteiger partial charge is 0.456 e. The van der Waals surface area contributed by atoms with Gasteiger partial charge in [0.2, 0.25) is 0 Å². The van der Waals surface area contributed by atoms with Gasteiger partial charge in [0.15, 0.2) is 0 Å². The number of nitrogens with zero attached hydrogens (tertiary/aromatic N) is 2. The highest BCUT2D eigenvalue weighted by Crippen LogP contribution is 2.42. The van der Waals surface area contributed by atoms with Crippen LogP contribution in [0.4, 0.5) is 0 Å². The monoisotopic (exact) mass is 550 g/mol. The Morgan fingerprint density at radius 2 is 0.721 bits per heavy atom. The molecule has 0 saturated carbocycles. The van der Waals surface area contributed by atoms with Crippen LogP contribution >= 0.6 is 0 Å². The first kappa shape index (κ1) is 23.9. The molecule has 3 nitrogen and oxygen atoms in total. The van der Waals surface area contributed by atoms with E-state index in [9.17, 15) is 0 Å². The Morgan fingerprint density at radius 3 is 1.19 bits per heavy atom. The van der Waals surface area contributed by atoms with Gasteiger partial charge in [-0.1, -0.05) is 97.1 Å². The molecule has 0 radical (unpaired) electrons. The van der Waals surface area contributed by atoms with E-state index in [1.807, 2.05) is 0 Å². The van der Waals surface area contributed by atoms with Crippen LogP contribution in [0.1, 0.15) is 0 Å². The molecule has 9 aromatic rings. The summed E-state index contributed by atoms with van der Waals surface area (Å²) < 4.78 is 11.5. The summed E-state index contributed by atoms with van der Waals surface area (Å²) in [6, 6.07) is 55.7. The van der Waals surface area contributed by atoms with Crippen molar-refractivity contribution in [3.8, 4) is 34.0 Å². The maximum absolute atomic E-state index is 6.82. The maximum Gasteiger partial charge on any atom is 0.136 e. The predicted molar refractivity (Wildman–Crippen MR) is 178 cm³/mol. The summed E-state index contributed by atoms with van der Waals surface area (Å²) in [4.78, 5) is 0. The second-order valence-corrected chi connectivity index (χ2v) is 10.9. The van der Waals surface area contributed by atoms with Gasteiger partial charge in [-0.05, 0) is 60.7 Å². The van der Waals surface area contributed by atoms with Gasteiger partial charge < -0.3 is 13.6 Å². The average Bonchev–Trinajstić information content (AvgIpc) is 3.79. The van der Waals surface area contributed by atoms with Crippen LogP contribution in [0.25, 0.3) is 77.6 Å². The molecule has 6 aromatic carbocycles. The first-order chi connectivity index (χ1) is 21.4. The van der Waals surface area contributed by atoms with Crippen molar-refractivity contribution in [3.63, 3.8) is 0 Å². The second kappa shape index (κ2) is 9.37. The van der Waals surface area contributed by atoms with Crippen LogP contribution in [-0.4, -0.2) is 9.13 Å². The Balaban J connectivity index is 1.30. The Kier molecular flexibility index (Phi) is 5.20.